The van der Waals surface area contributed by atoms with Crippen LogP contribution < -0.4 is 5.32 Å². The van der Waals surface area contributed by atoms with E-state index >= 15 is 0 Å². The van der Waals surface area contributed by atoms with Crippen molar-refractivity contribution in [3.8, 4) is 0 Å². The average molecular weight is 208 g/mol. The van der Waals surface area contributed by atoms with Gasteiger partial charge in [-0.15, -0.1) is 11.6 Å². The molecule has 0 bridgehead atoms. The monoisotopic (exact) mass is 207 g/mol. The summed E-state index contributed by atoms with van der Waals surface area (Å²) >= 11 is 5.63. The molecule has 2 N–H and O–H groups in total. The lowest BCUT2D eigenvalue weighted by Crippen LogP contribution is -2.45. The number of hydrogen-bond donors (Lipinski definition) is 2. The summed E-state index contributed by atoms with van der Waals surface area (Å²) in [7, 11) is 0. The predicted molar refractivity (Wildman–Crippen MR) is 53.8 cm³/mol. The highest BCUT2D eigenvalue weighted by atomic mass is 35.5. The van der Waals surface area contributed by atoms with E-state index in [9.17, 15) is 4.79 Å². The molecular weight excluding hydrogens is 190 g/mol. The van der Waals surface area contributed by atoms with Gasteiger partial charge in [-0.1, -0.05) is 6.92 Å². The van der Waals surface area contributed by atoms with Crippen molar-refractivity contribution in [1.82, 2.24) is 5.32 Å². The van der Waals surface area contributed by atoms with Crippen molar-refractivity contribution in [3.63, 3.8) is 0 Å². The van der Waals surface area contributed by atoms with Crippen molar-refractivity contribution in [2.75, 3.05) is 12.5 Å². The van der Waals surface area contributed by atoms with E-state index in [2.05, 4.69) is 5.32 Å². The van der Waals surface area contributed by atoms with Crippen LogP contribution in [0.3, 0.4) is 0 Å². The number of aliphatic hydroxyl groups excluding tert-OH is 1. The molecular formula is C9H18ClNO2. The minimum Gasteiger partial charge on any atom is -0.394 e. The van der Waals surface area contributed by atoms with Crippen LogP contribution in [-0.2, 0) is 4.79 Å². The van der Waals surface area contributed by atoms with Crippen LogP contribution in [0.1, 0.15) is 27.2 Å². The minimum absolute atomic E-state index is 0.0272. The van der Waals surface area contributed by atoms with E-state index in [0.717, 1.165) is 6.42 Å². The number of hydrogen-bond acceptors (Lipinski definition) is 2. The molecule has 78 valence electrons. The highest BCUT2D eigenvalue weighted by Gasteiger charge is 2.27. The van der Waals surface area contributed by atoms with Crippen LogP contribution >= 0.6 is 11.6 Å². The van der Waals surface area contributed by atoms with Crippen molar-refractivity contribution in [2.45, 2.75) is 33.2 Å². The molecule has 0 rings (SSSR count). The number of carbonyl (C=O) groups excluding carboxylic acids is 1. The number of carbonyl (C=O) groups is 1. The lowest BCUT2D eigenvalue weighted by molar-refractivity contribution is -0.129. The number of nitrogens with one attached hydrogen (secondary N) is 1. The fourth-order valence-electron chi connectivity index (χ4n) is 0.718. The molecule has 4 heteroatoms. The quantitative estimate of drug-likeness (QED) is 0.665. The molecule has 3 nitrogen and oxygen atoms in total. The van der Waals surface area contributed by atoms with Crippen LogP contribution in [0, 0.1) is 5.41 Å². The van der Waals surface area contributed by atoms with Gasteiger partial charge in [0.25, 0.3) is 0 Å². The molecule has 0 aromatic rings. The normalized spacial score (nSPS) is 13.9. The summed E-state index contributed by atoms with van der Waals surface area (Å²) < 4.78 is 0. The van der Waals surface area contributed by atoms with E-state index in [1.54, 1.807) is 13.8 Å². The number of alkyl halides is 1. The van der Waals surface area contributed by atoms with Gasteiger partial charge in [0.1, 0.15) is 0 Å². The molecule has 0 aromatic heterocycles. The van der Waals surface area contributed by atoms with E-state index in [1.165, 1.54) is 0 Å². The van der Waals surface area contributed by atoms with Gasteiger partial charge >= 0.3 is 0 Å². The maximum Gasteiger partial charge on any atom is 0.227 e. The van der Waals surface area contributed by atoms with Crippen LogP contribution in [0.4, 0.5) is 0 Å². The van der Waals surface area contributed by atoms with E-state index < -0.39 is 5.41 Å². The minimum atomic E-state index is -0.565. The highest BCUT2D eigenvalue weighted by Crippen LogP contribution is 2.17. The molecule has 0 heterocycles. The maximum absolute atomic E-state index is 11.5. The molecule has 0 radical (unpaired) electrons. The van der Waals surface area contributed by atoms with Gasteiger partial charge in [0.15, 0.2) is 0 Å². The summed E-state index contributed by atoms with van der Waals surface area (Å²) in [5, 5.41) is 11.6. The molecule has 1 atom stereocenters. The van der Waals surface area contributed by atoms with Crippen LogP contribution in [0.5, 0.6) is 0 Å². The van der Waals surface area contributed by atoms with E-state index in [0.29, 0.717) is 0 Å². The maximum atomic E-state index is 11.5. The summed E-state index contributed by atoms with van der Waals surface area (Å²) in [4.78, 5) is 11.5. The third-order valence-electron chi connectivity index (χ3n) is 2.00. The molecule has 13 heavy (non-hydrogen) atoms. The number of rotatable bonds is 5. The standard InChI is InChI=1S/C9H18ClNO2/c1-4-7(5-12)11-8(13)9(2,3)6-10/h7,12H,4-6H2,1-3H3,(H,11,13)/t7-/m1/s1. The van der Waals surface area contributed by atoms with Crippen LogP contribution in [0.25, 0.3) is 0 Å². The van der Waals surface area contributed by atoms with Gasteiger partial charge in [0, 0.05) is 5.88 Å². The van der Waals surface area contributed by atoms with Gasteiger partial charge in [-0.05, 0) is 20.3 Å². The van der Waals surface area contributed by atoms with Crippen molar-refractivity contribution >= 4 is 17.5 Å². The number of aliphatic hydroxyl groups is 1. The molecule has 0 fully saturated rings. The van der Waals surface area contributed by atoms with Crippen molar-refractivity contribution in [2.24, 2.45) is 5.41 Å². The first-order chi connectivity index (χ1) is 5.97. The molecule has 0 aliphatic carbocycles. The Morgan fingerprint density at radius 1 is 1.62 bits per heavy atom. The number of amides is 1. The Hall–Kier alpha value is -0.280. The summed E-state index contributed by atoms with van der Waals surface area (Å²) in [6, 6.07) is -0.157. The Morgan fingerprint density at radius 2 is 2.15 bits per heavy atom. The summed E-state index contributed by atoms with van der Waals surface area (Å²) in [5.74, 6) is 0.171. The van der Waals surface area contributed by atoms with Crippen LogP contribution in [-0.4, -0.2) is 29.5 Å². The molecule has 0 saturated carbocycles. The zero-order chi connectivity index (χ0) is 10.5. The molecule has 1 amide bonds. The zero-order valence-corrected chi connectivity index (χ0v) is 9.19. The Balaban J connectivity index is 4.13. The fourth-order valence-corrected chi connectivity index (χ4v) is 0.840. The summed E-state index contributed by atoms with van der Waals surface area (Å²) in [6.07, 6.45) is 0.723. The number of halogens is 1. The Morgan fingerprint density at radius 3 is 2.46 bits per heavy atom. The van der Waals surface area contributed by atoms with Crippen molar-refractivity contribution < 1.29 is 9.90 Å². The third kappa shape index (κ3) is 3.96. The topological polar surface area (TPSA) is 49.3 Å². The highest BCUT2D eigenvalue weighted by molar-refractivity contribution is 6.19. The van der Waals surface area contributed by atoms with Crippen LogP contribution in [0.15, 0.2) is 0 Å². The Bertz CT molecular complexity index is 167. The first-order valence-corrected chi connectivity index (χ1v) is 4.99. The van der Waals surface area contributed by atoms with Crippen molar-refractivity contribution in [3.05, 3.63) is 0 Å². The van der Waals surface area contributed by atoms with Crippen LogP contribution in [0.2, 0.25) is 0 Å². The van der Waals surface area contributed by atoms with Gasteiger partial charge in [0.2, 0.25) is 5.91 Å². The van der Waals surface area contributed by atoms with E-state index in [-0.39, 0.29) is 24.4 Å². The zero-order valence-electron chi connectivity index (χ0n) is 8.43. The van der Waals surface area contributed by atoms with Crippen molar-refractivity contribution in [1.29, 1.82) is 0 Å². The molecule has 0 aliphatic rings. The second-order valence-corrected chi connectivity index (χ2v) is 4.05. The molecule has 0 spiro atoms. The molecule has 0 aromatic carbocycles. The SMILES string of the molecule is CC[C@H](CO)NC(=O)C(C)(C)CCl. The molecule has 0 saturated heterocycles. The van der Waals surface area contributed by atoms with E-state index in [4.69, 9.17) is 16.7 Å². The van der Waals surface area contributed by atoms with Gasteiger partial charge in [0.05, 0.1) is 18.1 Å². The lowest BCUT2D eigenvalue weighted by atomic mass is 9.95. The first-order valence-electron chi connectivity index (χ1n) is 4.45. The van der Waals surface area contributed by atoms with Gasteiger partial charge in [-0.25, -0.2) is 0 Å². The predicted octanol–water partition coefficient (Wildman–Crippen LogP) is 1.14. The fraction of sp³-hybridized carbons (Fsp3) is 0.889. The second kappa shape index (κ2) is 5.45. The largest absolute Gasteiger partial charge is 0.394 e. The molecule has 0 aliphatic heterocycles. The third-order valence-corrected chi connectivity index (χ3v) is 2.67. The smallest absolute Gasteiger partial charge is 0.227 e. The summed E-state index contributed by atoms with van der Waals surface area (Å²) in [5.41, 5.74) is -0.565. The second-order valence-electron chi connectivity index (χ2n) is 3.78. The first kappa shape index (κ1) is 12.7. The molecule has 0 unspecified atom stereocenters. The van der Waals surface area contributed by atoms with Gasteiger partial charge < -0.3 is 10.4 Å². The van der Waals surface area contributed by atoms with Gasteiger partial charge in [-0.3, -0.25) is 4.79 Å². The van der Waals surface area contributed by atoms with E-state index in [1.807, 2.05) is 6.92 Å². The summed E-state index contributed by atoms with van der Waals surface area (Å²) in [6.45, 7) is 5.44. The Labute approximate surface area is 84.5 Å². The van der Waals surface area contributed by atoms with Gasteiger partial charge in [-0.2, -0.15) is 0 Å². The average Bonchev–Trinajstić information content (AvgIpc) is 2.13. The lowest BCUT2D eigenvalue weighted by Gasteiger charge is -2.23. The Kier molecular flexibility index (Phi) is 5.33.